The molecule has 0 bridgehead atoms. The summed E-state index contributed by atoms with van der Waals surface area (Å²) >= 11 is 0. The Labute approximate surface area is 132 Å². The highest BCUT2D eigenvalue weighted by atomic mass is 16.5. The Balaban J connectivity index is 2.63. The fraction of sp³-hybridized carbons (Fsp3) is 0.421. The number of aliphatic hydroxyl groups is 1. The molecule has 22 heavy (non-hydrogen) atoms. The Bertz CT molecular complexity index is 631. The fourth-order valence-electron chi connectivity index (χ4n) is 2.76. The van der Waals surface area contributed by atoms with Gasteiger partial charge in [-0.15, -0.1) is 0 Å². The van der Waals surface area contributed by atoms with Crippen molar-refractivity contribution in [3.05, 3.63) is 47.0 Å². The molecule has 0 aromatic heterocycles. The summed E-state index contributed by atoms with van der Waals surface area (Å²) in [5, 5.41) is 10.4. The number of ether oxygens (including phenoxy) is 1. The Kier molecular flexibility index (Phi) is 5.19. The maximum Gasteiger partial charge on any atom is 0.338 e. The van der Waals surface area contributed by atoms with E-state index in [9.17, 15) is 9.90 Å². The lowest BCUT2D eigenvalue weighted by Crippen LogP contribution is -2.00. The molecule has 2 aliphatic carbocycles. The van der Waals surface area contributed by atoms with Crippen LogP contribution in [-0.4, -0.2) is 18.2 Å². The summed E-state index contributed by atoms with van der Waals surface area (Å²) in [6.07, 6.45) is 1.00. The van der Waals surface area contributed by atoms with E-state index >= 15 is 0 Å². The number of carbonyl (C=O) groups excluding carboxylic acids is 1. The third kappa shape index (κ3) is 3.14. The highest BCUT2D eigenvalue weighted by Gasteiger charge is 2.24. The van der Waals surface area contributed by atoms with Gasteiger partial charge in [0.2, 0.25) is 0 Å². The number of carbonyl (C=O) groups is 1. The summed E-state index contributed by atoms with van der Waals surface area (Å²) in [4.78, 5) is 12.0. The van der Waals surface area contributed by atoms with Gasteiger partial charge in [-0.05, 0) is 40.7 Å². The standard InChI is InChI=1S/C19H24O3/c1-5-6-18(20)16-11-17(19(21)22-4)15-10-8-13(12(2)3)7-9-14(15)16/h7-12,18,20H,5-6H2,1-4H3. The van der Waals surface area contributed by atoms with Crippen LogP contribution >= 0.6 is 0 Å². The highest BCUT2D eigenvalue weighted by molar-refractivity contribution is 6.00. The number of rotatable bonds is 5. The molecule has 0 fully saturated rings. The first-order valence-corrected chi connectivity index (χ1v) is 7.82. The van der Waals surface area contributed by atoms with Crippen LogP contribution in [0.2, 0.25) is 0 Å². The molecule has 2 rings (SSSR count). The van der Waals surface area contributed by atoms with Gasteiger partial charge in [0.05, 0.1) is 18.8 Å². The van der Waals surface area contributed by atoms with Crippen LogP contribution in [0.15, 0.2) is 30.3 Å². The molecule has 3 nitrogen and oxygen atoms in total. The van der Waals surface area contributed by atoms with Crippen LogP contribution < -0.4 is 0 Å². The molecule has 0 amide bonds. The molecule has 3 heteroatoms. The summed E-state index contributed by atoms with van der Waals surface area (Å²) in [6, 6.07) is 9.84. The van der Waals surface area contributed by atoms with E-state index < -0.39 is 6.10 Å². The first-order valence-electron chi connectivity index (χ1n) is 7.82. The molecular weight excluding hydrogens is 276 g/mol. The van der Waals surface area contributed by atoms with Crippen LogP contribution in [0.1, 0.15) is 67.1 Å². The second kappa shape index (κ2) is 6.93. The molecule has 0 aromatic rings. The van der Waals surface area contributed by atoms with Gasteiger partial charge >= 0.3 is 5.97 Å². The van der Waals surface area contributed by atoms with Crippen molar-refractivity contribution < 1.29 is 14.6 Å². The van der Waals surface area contributed by atoms with Crippen molar-refractivity contribution in [3.63, 3.8) is 0 Å². The van der Waals surface area contributed by atoms with E-state index in [2.05, 4.69) is 19.9 Å². The number of fused-ring (bicyclic) bond motifs is 1. The smallest absolute Gasteiger partial charge is 0.338 e. The van der Waals surface area contributed by atoms with Gasteiger partial charge in [0.1, 0.15) is 0 Å². The lowest BCUT2D eigenvalue weighted by Gasteiger charge is -2.09. The van der Waals surface area contributed by atoms with E-state index in [1.54, 1.807) is 6.07 Å². The number of esters is 1. The van der Waals surface area contributed by atoms with Crippen LogP contribution in [-0.2, 0) is 4.74 Å². The number of aliphatic hydroxyl groups excluding tert-OH is 1. The van der Waals surface area contributed by atoms with E-state index in [4.69, 9.17) is 4.74 Å². The van der Waals surface area contributed by atoms with Gasteiger partial charge in [0.25, 0.3) is 0 Å². The van der Waals surface area contributed by atoms with Crippen molar-refractivity contribution >= 4 is 5.97 Å². The van der Waals surface area contributed by atoms with Crippen molar-refractivity contribution in [2.75, 3.05) is 7.11 Å². The average molecular weight is 300 g/mol. The third-order valence-electron chi connectivity index (χ3n) is 4.07. The minimum Gasteiger partial charge on any atom is -0.465 e. The molecule has 0 radical (unpaired) electrons. The molecule has 0 aliphatic heterocycles. The van der Waals surface area contributed by atoms with Gasteiger partial charge in [0, 0.05) is 0 Å². The zero-order chi connectivity index (χ0) is 16.3. The fourth-order valence-corrected chi connectivity index (χ4v) is 2.76. The zero-order valence-electron chi connectivity index (χ0n) is 13.7. The molecule has 0 saturated heterocycles. The first-order chi connectivity index (χ1) is 10.5. The van der Waals surface area contributed by atoms with E-state index in [-0.39, 0.29) is 5.97 Å². The van der Waals surface area contributed by atoms with Gasteiger partial charge in [0.15, 0.2) is 0 Å². The van der Waals surface area contributed by atoms with Gasteiger partial charge < -0.3 is 9.84 Å². The largest absolute Gasteiger partial charge is 0.465 e. The van der Waals surface area contributed by atoms with Crippen molar-refractivity contribution in [2.45, 2.75) is 45.6 Å². The Morgan fingerprint density at radius 1 is 1.18 bits per heavy atom. The van der Waals surface area contributed by atoms with Crippen molar-refractivity contribution in [3.8, 4) is 11.1 Å². The number of hydrogen-bond acceptors (Lipinski definition) is 3. The van der Waals surface area contributed by atoms with E-state index in [0.717, 1.165) is 23.1 Å². The summed E-state index contributed by atoms with van der Waals surface area (Å²) in [7, 11) is 1.38. The SMILES string of the molecule is CCCC(O)c1cc(C(=O)OC)c2ccc(C(C)C)ccc1-2. The normalized spacial score (nSPS) is 12.6. The van der Waals surface area contributed by atoms with Crippen LogP contribution in [0, 0.1) is 0 Å². The van der Waals surface area contributed by atoms with Crippen LogP contribution in [0.3, 0.4) is 0 Å². The predicted octanol–water partition coefficient (Wildman–Crippen LogP) is 4.53. The van der Waals surface area contributed by atoms with Crippen molar-refractivity contribution in [1.29, 1.82) is 0 Å². The molecule has 1 N–H and O–H groups in total. The minimum absolute atomic E-state index is 0.364. The molecule has 118 valence electrons. The molecule has 1 unspecified atom stereocenters. The number of methoxy groups -OCH3 is 1. The average Bonchev–Trinajstić information content (AvgIpc) is 2.71. The van der Waals surface area contributed by atoms with Gasteiger partial charge in [-0.25, -0.2) is 4.79 Å². The second-order valence-electron chi connectivity index (χ2n) is 5.96. The second-order valence-corrected chi connectivity index (χ2v) is 5.96. The molecular formula is C19H24O3. The molecule has 0 heterocycles. The van der Waals surface area contributed by atoms with Crippen LogP contribution in [0.25, 0.3) is 11.1 Å². The molecule has 0 aromatic carbocycles. The van der Waals surface area contributed by atoms with Crippen LogP contribution in [0.5, 0.6) is 0 Å². The van der Waals surface area contributed by atoms with Gasteiger partial charge in [-0.3, -0.25) is 0 Å². The first kappa shape index (κ1) is 16.5. The molecule has 1 atom stereocenters. The zero-order valence-corrected chi connectivity index (χ0v) is 13.7. The maximum atomic E-state index is 12.0. The van der Waals surface area contributed by atoms with E-state index in [1.165, 1.54) is 12.7 Å². The lowest BCUT2D eigenvalue weighted by molar-refractivity contribution is 0.0602. The van der Waals surface area contributed by atoms with Crippen LogP contribution in [0.4, 0.5) is 0 Å². The maximum absolute atomic E-state index is 12.0. The lowest BCUT2D eigenvalue weighted by atomic mass is 10.0. The summed E-state index contributed by atoms with van der Waals surface area (Å²) < 4.78 is 4.89. The molecule has 2 aliphatic rings. The quantitative estimate of drug-likeness (QED) is 0.825. The Hall–Kier alpha value is -1.87. The van der Waals surface area contributed by atoms with E-state index in [0.29, 0.717) is 17.9 Å². The Morgan fingerprint density at radius 3 is 2.36 bits per heavy atom. The minimum atomic E-state index is -0.559. The van der Waals surface area contributed by atoms with Crippen molar-refractivity contribution in [2.24, 2.45) is 0 Å². The number of hydrogen-bond donors (Lipinski definition) is 1. The monoisotopic (exact) mass is 300 g/mol. The van der Waals surface area contributed by atoms with E-state index in [1.807, 2.05) is 25.1 Å². The van der Waals surface area contributed by atoms with Crippen molar-refractivity contribution in [1.82, 2.24) is 0 Å². The van der Waals surface area contributed by atoms with Gasteiger partial charge in [-0.2, -0.15) is 0 Å². The summed E-state index contributed by atoms with van der Waals surface area (Å²) in [5.41, 5.74) is 4.29. The highest BCUT2D eigenvalue weighted by Crippen LogP contribution is 2.38. The Morgan fingerprint density at radius 2 is 1.82 bits per heavy atom. The molecule has 0 saturated carbocycles. The summed E-state index contributed by atoms with van der Waals surface area (Å²) in [5.74, 6) is 0.0411. The molecule has 0 spiro atoms. The predicted molar refractivity (Wildman–Crippen MR) is 88.4 cm³/mol. The van der Waals surface area contributed by atoms with Gasteiger partial charge in [-0.1, -0.05) is 51.5 Å². The third-order valence-corrected chi connectivity index (χ3v) is 4.07. The topological polar surface area (TPSA) is 46.5 Å². The summed E-state index contributed by atoms with van der Waals surface area (Å²) in [6.45, 7) is 6.30.